The van der Waals surface area contributed by atoms with Crippen molar-refractivity contribution < 1.29 is 19.1 Å². The van der Waals surface area contributed by atoms with Crippen LogP contribution in [0.5, 0.6) is 11.5 Å². The first-order valence-electron chi connectivity index (χ1n) is 8.12. The molecule has 0 saturated heterocycles. The van der Waals surface area contributed by atoms with Crippen LogP contribution in [0.1, 0.15) is 12.8 Å². The van der Waals surface area contributed by atoms with Crippen molar-refractivity contribution in [1.82, 2.24) is 0 Å². The smallest absolute Gasteiger partial charge is 0.262 e. The predicted molar refractivity (Wildman–Crippen MR) is 94.9 cm³/mol. The molecular weight excluding hydrogens is 320 g/mol. The van der Waals surface area contributed by atoms with E-state index in [0.29, 0.717) is 17.2 Å². The maximum atomic E-state index is 12.0. The normalized spacial score (nSPS) is 13.0. The highest BCUT2D eigenvalue weighted by molar-refractivity contribution is 5.94. The number of benzene rings is 2. The van der Waals surface area contributed by atoms with Crippen LogP contribution >= 0.6 is 0 Å². The van der Waals surface area contributed by atoms with Gasteiger partial charge in [-0.05, 0) is 49.2 Å². The van der Waals surface area contributed by atoms with Gasteiger partial charge in [0.1, 0.15) is 11.5 Å². The van der Waals surface area contributed by atoms with Crippen LogP contribution in [0.15, 0.2) is 48.5 Å². The zero-order valence-corrected chi connectivity index (χ0v) is 14.0. The summed E-state index contributed by atoms with van der Waals surface area (Å²) in [6.07, 6.45) is 1.93. The number of carbonyl (C=O) groups is 2. The summed E-state index contributed by atoms with van der Waals surface area (Å²) in [7, 11) is 1.55. The molecule has 2 N–H and O–H groups in total. The van der Waals surface area contributed by atoms with E-state index in [1.165, 1.54) is 0 Å². The lowest BCUT2D eigenvalue weighted by Crippen LogP contribution is -2.20. The second-order valence-corrected chi connectivity index (χ2v) is 5.83. The van der Waals surface area contributed by atoms with Crippen LogP contribution in [0.3, 0.4) is 0 Å². The SMILES string of the molecule is COc1ccccc1NC(=O)COc1ccc(NC(=O)C2CC2)cc1. The molecule has 0 aromatic heterocycles. The van der Waals surface area contributed by atoms with E-state index in [9.17, 15) is 9.59 Å². The Morgan fingerprint density at radius 2 is 1.76 bits per heavy atom. The summed E-state index contributed by atoms with van der Waals surface area (Å²) < 4.78 is 10.7. The van der Waals surface area contributed by atoms with Gasteiger partial charge in [-0.25, -0.2) is 0 Å². The summed E-state index contributed by atoms with van der Waals surface area (Å²) in [5, 5.41) is 5.60. The van der Waals surface area contributed by atoms with Crippen LogP contribution in [0.4, 0.5) is 11.4 Å². The minimum absolute atomic E-state index is 0.0601. The molecule has 0 unspecified atom stereocenters. The molecule has 0 spiro atoms. The lowest BCUT2D eigenvalue weighted by Gasteiger charge is -2.11. The number of para-hydroxylation sites is 2. The third-order valence-electron chi connectivity index (χ3n) is 3.82. The van der Waals surface area contributed by atoms with Gasteiger partial charge in [0.05, 0.1) is 12.8 Å². The Morgan fingerprint density at radius 1 is 1.04 bits per heavy atom. The van der Waals surface area contributed by atoms with Gasteiger partial charge in [0, 0.05) is 11.6 Å². The van der Waals surface area contributed by atoms with Gasteiger partial charge in [0.15, 0.2) is 6.61 Å². The molecule has 3 rings (SSSR count). The molecule has 25 heavy (non-hydrogen) atoms. The number of ether oxygens (including phenoxy) is 2. The van der Waals surface area contributed by atoms with Crippen LogP contribution in [0.25, 0.3) is 0 Å². The van der Waals surface area contributed by atoms with Crippen molar-refractivity contribution in [2.75, 3.05) is 24.4 Å². The third kappa shape index (κ3) is 4.73. The first-order chi connectivity index (χ1) is 12.2. The van der Waals surface area contributed by atoms with Gasteiger partial charge >= 0.3 is 0 Å². The Morgan fingerprint density at radius 3 is 2.44 bits per heavy atom. The number of methoxy groups -OCH3 is 1. The van der Waals surface area contributed by atoms with E-state index in [4.69, 9.17) is 9.47 Å². The molecule has 1 fully saturated rings. The van der Waals surface area contributed by atoms with Gasteiger partial charge in [0.2, 0.25) is 5.91 Å². The van der Waals surface area contributed by atoms with Crippen molar-refractivity contribution in [2.24, 2.45) is 5.92 Å². The molecule has 6 nitrogen and oxygen atoms in total. The Hall–Kier alpha value is -3.02. The number of anilines is 2. The number of hydrogen-bond acceptors (Lipinski definition) is 4. The molecule has 2 amide bonds. The van der Waals surface area contributed by atoms with Gasteiger partial charge in [0.25, 0.3) is 5.91 Å². The van der Waals surface area contributed by atoms with Crippen LogP contribution in [-0.2, 0) is 9.59 Å². The van der Waals surface area contributed by atoms with E-state index >= 15 is 0 Å². The quantitative estimate of drug-likeness (QED) is 0.812. The lowest BCUT2D eigenvalue weighted by atomic mass is 10.3. The van der Waals surface area contributed by atoms with E-state index in [0.717, 1.165) is 18.5 Å². The standard InChI is InChI=1S/C19H20N2O4/c1-24-17-5-3-2-4-16(17)21-18(22)12-25-15-10-8-14(9-11-15)20-19(23)13-6-7-13/h2-5,8-11,13H,6-7,12H2,1H3,(H,20,23)(H,21,22). The van der Waals surface area contributed by atoms with Crippen LogP contribution in [-0.4, -0.2) is 25.5 Å². The van der Waals surface area contributed by atoms with Gasteiger partial charge in [-0.2, -0.15) is 0 Å². The van der Waals surface area contributed by atoms with E-state index in [2.05, 4.69) is 10.6 Å². The summed E-state index contributed by atoms with van der Waals surface area (Å²) >= 11 is 0. The summed E-state index contributed by atoms with van der Waals surface area (Å²) in [4.78, 5) is 23.7. The van der Waals surface area contributed by atoms with Crippen molar-refractivity contribution in [3.63, 3.8) is 0 Å². The van der Waals surface area contributed by atoms with Gasteiger partial charge in [-0.1, -0.05) is 12.1 Å². The monoisotopic (exact) mass is 340 g/mol. The molecule has 1 saturated carbocycles. The number of rotatable bonds is 7. The number of nitrogens with one attached hydrogen (secondary N) is 2. The van der Waals surface area contributed by atoms with Crippen molar-refractivity contribution in [2.45, 2.75) is 12.8 Å². The summed E-state index contributed by atoms with van der Waals surface area (Å²) in [6.45, 7) is -0.119. The first kappa shape index (κ1) is 16.8. The average molecular weight is 340 g/mol. The highest BCUT2D eigenvalue weighted by Gasteiger charge is 2.29. The van der Waals surface area contributed by atoms with Gasteiger partial charge in [-0.3, -0.25) is 9.59 Å². The fourth-order valence-corrected chi connectivity index (χ4v) is 2.31. The highest BCUT2D eigenvalue weighted by Crippen LogP contribution is 2.30. The lowest BCUT2D eigenvalue weighted by molar-refractivity contribution is -0.118. The summed E-state index contributed by atoms with van der Waals surface area (Å²) in [6, 6.07) is 14.1. The first-order valence-corrected chi connectivity index (χ1v) is 8.12. The third-order valence-corrected chi connectivity index (χ3v) is 3.82. The molecule has 2 aromatic rings. The van der Waals surface area contributed by atoms with Crippen LogP contribution in [0, 0.1) is 5.92 Å². The average Bonchev–Trinajstić information content (AvgIpc) is 3.47. The Bertz CT molecular complexity index is 754. The molecule has 0 aliphatic heterocycles. The van der Waals surface area contributed by atoms with Crippen LogP contribution in [0.2, 0.25) is 0 Å². The molecule has 0 bridgehead atoms. The molecule has 6 heteroatoms. The molecule has 2 aromatic carbocycles. The van der Waals surface area contributed by atoms with Crippen molar-refractivity contribution in [3.05, 3.63) is 48.5 Å². The number of amides is 2. The summed E-state index contributed by atoms with van der Waals surface area (Å²) in [5.74, 6) is 1.08. The van der Waals surface area contributed by atoms with Crippen LogP contribution < -0.4 is 20.1 Å². The Labute approximate surface area is 146 Å². The fraction of sp³-hybridized carbons (Fsp3) is 0.263. The Kier molecular flexibility index (Phi) is 5.18. The molecular formula is C19H20N2O4. The molecule has 0 atom stereocenters. The van der Waals surface area contributed by atoms with Gasteiger partial charge in [-0.15, -0.1) is 0 Å². The number of carbonyl (C=O) groups excluding carboxylic acids is 2. The van der Waals surface area contributed by atoms with E-state index in [-0.39, 0.29) is 24.3 Å². The molecule has 0 heterocycles. The van der Waals surface area contributed by atoms with Crippen molar-refractivity contribution in [3.8, 4) is 11.5 Å². The zero-order valence-electron chi connectivity index (χ0n) is 14.0. The van der Waals surface area contributed by atoms with Gasteiger partial charge < -0.3 is 20.1 Å². The van der Waals surface area contributed by atoms with E-state index < -0.39 is 0 Å². The second kappa shape index (κ2) is 7.70. The van der Waals surface area contributed by atoms with E-state index in [1.807, 2.05) is 12.1 Å². The molecule has 1 aliphatic rings. The number of hydrogen-bond donors (Lipinski definition) is 2. The molecule has 0 radical (unpaired) electrons. The van der Waals surface area contributed by atoms with Crippen molar-refractivity contribution >= 4 is 23.2 Å². The predicted octanol–water partition coefficient (Wildman–Crippen LogP) is 3.06. The minimum Gasteiger partial charge on any atom is -0.495 e. The maximum absolute atomic E-state index is 12.0. The topological polar surface area (TPSA) is 76.7 Å². The van der Waals surface area contributed by atoms with E-state index in [1.54, 1.807) is 43.5 Å². The highest BCUT2D eigenvalue weighted by atomic mass is 16.5. The second-order valence-electron chi connectivity index (χ2n) is 5.83. The maximum Gasteiger partial charge on any atom is 0.262 e. The fourth-order valence-electron chi connectivity index (χ4n) is 2.31. The molecule has 1 aliphatic carbocycles. The Balaban J connectivity index is 1.49. The summed E-state index contributed by atoms with van der Waals surface area (Å²) in [5.41, 5.74) is 1.32. The largest absolute Gasteiger partial charge is 0.495 e. The molecule has 130 valence electrons. The van der Waals surface area contributed by atoms with Crippen molar-refractivity contribution in [1.29, 1.82) is 0 Å². The minimum atomic E-state index is -0.282. The zero-order chi connectivity index (χ0) is 17.6.